The molecule has 0 saturated heterocycles. The number of rotatable bonds is 2. The van der Waals surface area contributed by atoms with Crippen molar-refractivity contribution in [1.82, 2.24) is 0 Å². The van der Waals surface area contributed by atoms with Crippen molar-refractivity contribution in [3.63, 3.8) is 0 Å². The Hall–Kier alpha value is -0.660. The molecule has 1 saturated carbocycles. The standard InChI is InChI=1S/C15H21NOS2/c1-15(2,3)12-7-6-11(10-16)13(9-12)19(17)14-5-4-8-18-14/h4-5,8,11-13H,6-7,9H2,1-3H3. The lowest BCUT2D eigenvalue weighted by Crippen LogP contribution is -2.36. The minimum atomic E-state index is -1.03. The Labute approximate surface area is 122 Å². The van der Waals surface area contributed by atoms with Gasteiger partial charge in [-0.2, -0.15) is 5.26 Å². The third kappa shape index (κ3) is 3.27. The summed E-state index contributed by atoms with van der Waals surface area (Å²) in [5.41, 5.74) is 0.234. The molecule has 0 amide bonds. The van der Waals surface area contributed by atoms with Crippen LogP contribution >= 0.6 is 11.3 Å². The lowest BCUT2D eigenvalue weighted by Gasteiger charge is -2.39. The predicted molar refractivity (Wildman–Crippen MR) is 80.4 cm³/mol. The first kappa shape index (κ1) is 14.7. The smallest absolute Gasteiger partial charge is 0.0913 e. The monoisotopic (exact) mass is 295 g/mol. The molecule has 1 aromatic rings. The number of hydrogen-bond donors (Lipinski definition) is 0. The Morgan fingerprint density at radius 2 is 2.16 bits per heavy atom. The third-order valence-corrected chi connectivity index (χ3v) is 7.20. The second-order valence-corrected chi connectivity index (χ2v) is 9.23. The molecule has 4 atom stereocenters. The number of hydrogen-bond acceptors (Lipinski definition) is 3. The molecule has 104 valence electrons. The van der Waals surface area contributed by atoms with E-state index in [2.05, 4.69) is 26.8 Å². The van der Waals surface area contributed by atoms with Gasteiger partial charge in [0.05, 0.1) is 32.2 Å². The van der Waals surface area contributed by atoms with E-state index in [1.165, 1.54) is 11.3 Å². The van der Waals surface area contributed by atoms with Crippen LogP contribution in [0.15, 0.2) is 21.7 Å². The Morgan fingerprint density at radius 1 is 1.42 bits per heavy atom. The maximum absolute atomic E-state index is 12.7. The van der Waals surface area contributed by atoms with E-state index < -0.39 is 10.8 Å². The van der Waals surface area contributed by atoms with Gasteiger partial charge in [-0.1, -0.05) is 26.8 Å². The summed E-state index contributed by atoms with van der Waals surface area (Å²) in [6, 6.07) is 6.24. The highest BCUT2D eigenvalue weighted by molar-refractivity contribution is 7.87. The van der Waals surface area contributed by atoms with Crippen molar-refractivity contribution in [1.29, 1.82) is 5.26 Å². The molecule has 0 aliphatic heterocycles. The second-order valence-electron chi connectivity index (χ2n) is 6.38. The fourth-order valence-corrected chi connectivity index (χ4v) is 5.61. The van der Waals surface area contributed by atoms with Gasteiger partial charge in [0.25, 0.3) is 0 Å². The van der Waals surface area contributed by atoms with E-state index >= 15 is 0 Å². The molecule has 19 heavy (non-hydrogen) atoms. The molecule has 0 bridgehead atoms. The SMILES string of the molecule is CC(C)(C)C1CCC(C#N)C(S(=O)c2cccs2)C1. The maximum atomic E-state index is 12.7. The van der Waals surface area contributed by atoms with E-state index in [4.69, 9.17) is 0 Å². The van der Waals surface area contributed by atoms with Gasteiger partial charge in [-0.25, -0.2) is 0 Å². The zero-order valence-electron chi connectivity index (χ0n) is 11.8. The van der Waals surface area contributed by atoms with Crippen molar-refractivity contribution in [2.24, 2.45) is 17.3 Å². The van der Waals surface area contributed by atoms with Crippen molar-refractivity contribution in [2.75, 3.05) is 0 Å². The second kappa shape index (κ2) is 5.76. The van der Waals surface area contributed by atoms with Crippen molar-refractivity contribution < 1.29 is 4.21 Å². The van der Waals surface area contributed by atoms with Crippen LogP contribution in [0.3, 0.4) is 0 Å². The van der Waals surface area contributed by atoms with Gasteiger partial charge in [-0.05, 0) is 42.0 Å². The van der Waals surface area contributed by atoms with Gasteiger partial charge in [0.15, 0.2) is 0 Å². The van der Waals surface area contributed by atoms with Crippen LogP contribution in [0.5, 0.6) is 0 Å². The molecule has 0 radical (unpaired) electrons. The quantitative estimate of drug-likeness (QED) is 0.820. The number of nitriles is 1. The molecular weight excluding hydrogens is 274 g/mol. The summed E-state index contributed by atoms with van der Waals surface area (Å²) < 4.78 is 13.6. The van der Waals surface area contributed by atoms with Gasteiger partial charge in [0.1, 0.15) is 0 Å². The molecule has 4 unspecified atom stereocenters. The average Bonchev–Trinajstić information content (AvgIpc) is 2.90. The average molecular weight is 295 g/mol. The highest BCUT2D eigenvalue weighted by Crippen LogP contribution is 2.42. The molecule has 1 aliphatic rings. The van der Waals surface area contributed by atoms with E-state index in [1.807, 2.05) is 17.5 Å². The van der Waals surface area contributed by atoms with Gasteiger partial charge in [-0.15, -0.1) is 11.3 Å². The largest absolute Gasteiger partial charge is 0.253 e. The van der Waals surface area contributed by atoms with Crippen molar-refractivity contribution in [3.05, 3.63) is 17.5 Å². The zero-order chi connectivity index (χ0) is 14.0. The maximum Gasteiger partial charge on any atom is 0.0913 e. The topological polar surface area (TPSA) is 40.9 Å². The van der Waals surface area contributed by atoms with Gasteiger partial charge < -0.3 is 0 Å². The summed E-state index contributed by atoms with van der Waals surface area (Å²) in [4.78, 5) is 0. The van der Waals surface area contributed by atoms with Crippen LogP contribution in [0.25, 0.3) is 0 Å². The van der Waals surface area contributed by atoms with Crippen LogP contribution in [0.1, 0.15) is 40.0 Å². The van der Waals surface area contributed by atoms with Crippen molar-refractivity contribution >= 4 is 22.1 Å². The first-order chi connectivity index (χ1) is 8.93. The van der Waals surface area contributed by atoms with Crippen LogP contribution in [-0.2, 0) is 10.8 Å². The lowest BCUT2D eigenvalue weighted by atomic mass is 9.70. The van der Waals surface area contributed by atoms with Gasteiger partial charge in [-0.3, -0.25) is 4.21 Å². The lowest BCUT2D eigenvalue weighted by molar-refractivity contribution is 0.167. The first-order valence-corrected chi connectivity index (χ1v) is 8.86. The molecule has 0 aromatic carbocycles. The van der Waals surface area contributed by atoms with E-state index in [0.29, 0.717) is 5.92 Å². The predicted octanol–water partition coefficient (Wildman–Crippen LogP) is 4.21. The molecule has 0 spiro atoms. The Balaban J connectivity index is 2.20. The van der Waals surface area contributed by atoms with Crippen molar-refractivity contribution in [3.8, 4) is 6.07 Å². The van der Waals surface area contributed by atoms with E-state index in [9.17, 15) is 9.47 Å². The van der Waals surface area contributed by atoms with Crippen LogP contribution in [0, 0.1) is 28.6 Å². The molecular formula is C15H21NOS2. The minimum absolute atomic E-state index is 0.00150. The number of nitrogens with zero attached hydrogens (tertiary/aromatic N) is 1. The molecule has 2 rings (SSSR count). The molecule has 0 N–H and O–H groups in total. The van der Waals surface area contributed by atoms with Crippen LogP contribution in [-0.4, -0.2) is 9.46 Å². The Bertz CT molecular complexity index is 481. The normalized spacial score (nSPS) is 29.7. The minimum Gasteiger partial charge on any atom is -0.253 e. The van der Waals surface area contributed by atoms with E-state index in [-0.39, 0.29) is 16.6 Å². The fraction of sp³-hybridized carbons (Fsp3) is 0.667. The van der Waals surface area contributed by atoms with Crippen LogP contribution in [0.4, 0.5) is 0 Å². The summed E-state index contributed by atoms with van der Waals surface area (Å²) in [5, 5.41) is 11.3. The molecule has 1 aliphatic carbocycles. The summed E-state index contributed by atoms with van der Waals surface area (Å²) >= 11 is 1.54. The van der Waals surface area contributed by atoms with E-state index in [1.54, 1.807) is 0 Å². The highest BCUT2D eigenvalue weighted by atomic mass is 32.2. The summed E-state index contributed by atoms with van der Waals surface area (Å²) in [6.45, 7) is 6.74. The first-order valence-electron chi connectivity index (χ1n) is 6.77. The van der Waals surface area contributed by atoms with Gasteiger partial charge in [0.2, 0.25) is 0 Å². The van der Waals surface area contributed by atoms with E-state index in [0.717, 1.165) is 23.5 Å². The fourth-order valence-electron chi connectivity index (χ4n) is 2.83. The highest BCUT2D eigenvalue weighted by Gasteiger charge is 2.39. The molecule has 2 nitrogen and oxygen atoms in total. The number of thiophene rings is 1. The molecule has 1 fully saturated rings. The molecule has 4 heteroatoms. The molecule has 1 heterocycles. The van der Waals surface area contributed by atoms with Crippen molar-refractivity contribution in [2.45, 2.75) is 49.5 Å². The summed E-state index contributed by atoms with van der Waals surface area (Å²) in [5.74, 6) is 0.507. The van der Waals surface area contributed by atoms with Crippen LogP contribution in [0.2, 0.25) is 0 Å². The summed E-state index contributed by atoms with van der Waals surface area (Å²) in [7, 11) is -1.03. The van der Waals surface area contributed by atoms with Crippen LogP contribution < -0.4 is 0 Å². The Morgan fingerprint density at radius 3 is 2.68 bits per heavy atom. The summed E-state index contributed by atoms with van der Waals surface area (Å²) in [6.07, 6.45) is 2.88. The molecule has 1 aromatic heterocycles. The Kier molecular flexibility index (Phi) is 4.47. The van der Waals surface area contributed by atoms with Gasteiger partial charge in [0, 0.05) is 0 Å². The zero-order valence-corrected chi connectivity index (χ0v) is 13.4. The third-order valence-electron chi connectivity index (χ3n) is 4.15. The van der Waals surface area contributed by atoms with Gasteiger partial charge >= 0.3 is 0 Å².